The molecule has 1 aliphatic heterocycles. The summed E-state index contributed by atoms with van der Waals surface area (Å²) in [6.45, 7) is 0.371. The van der Waals surface area contributed by atoms with E-state index < -0.39 is 21.6 Å². The van der Waals surface area contributed by atoms with Gasteiger partial charge in [0.05, 0.1) is 30.2 Å². The molecule has 1 aliphatic rings. The Morgan fingerprint density at radius 1 is 1.31 bits per heavy atom. The summed E-state index contributed by atoms with van der Waals surface area (Å²) in [5, 5.41) is 2.63. The van der Waals surface area contributed by atoms with Crippen LogP contribution in [0.2, 0.25) is 0 Å². The van der Waals surface area contributed by atoms with Gasteiger partial charge in [-0.3, -0.25) is 9.69 Å². The van der Waals surface area contributed by atoms with Gasteiger partial charge in [-0.15, -0.1) is 0 Å². The lowest BCUT2D eigenvalue weighted by Gasteiger charge is -2.22. The topological polar surface area (TPSA) is 75.7 Å². The van der Waals surface area contributed by atoms with Gasteiger partial charge in [-0.25, -0.2) is 8.42 Å². The van der Waals surface area contributed by atoms with Crippen molar-refractivity contribution in [2.24, 2.45) is 0 Å². The van der Waals surface area contributed by atoms with Crippen LogP contribution in [0.15, 0.2) is 24.3 Å². The number of hydrogen-bond acceptors (Lipinski definition) is 5. The molecule has 1 N–H and O–H groups in total. The van der Waals surface area contributed by atoms with Crippen molar-refractivity contribution < 1.29 is 31.1 Å². The largest absolute Gasteiger partial charge is 0.492 e. The van der Waals surface area contributed by atoms with Crippen molar-refractivity contribution in [2.75, 3.05) is 38.2 Å². The molecule has 2 rings (SSSR count). The molecule has 1 saturated heterocycles. The molecule has 0 aliphatic carbocycles. The van der Waals surface area contributed by atoms with Crippen LogP contribution in [-0.2, 0) is 20.8 Å². The minimum atomic E-state index is -4.39. The molecule has 1 fully saturated rings. The molecule has 1 aromatic carbocycles. The van der Waals surface area contributed by atoms with Gasteiger partial charge in [-0.1, -0.05) is 0 Å². The summed E-state index contributed by atoms with van der Waals surface area (Å²) in [6.07, 6.45) is -3.87. The lowest BCUT2D eigenvalue weighted by atomic mass is 10.2. The number of nitrogens with one attached hydrogen (secondary N) is 1. The fraction of sp³-hybridized carbons (Fsp3) is 0.562. The normalized spacial score (nSPS) is 19.5. The zero-order valence-electron chi connectivity index (χ0n) is 14.3. The maximum atomic E-state index is 12.4. The third kappa shape index (κ3) is 6.17. The van der Waals surface area contributed by atoms with Gasteiger partial charge in [0.25, 0.3) is 0 Å². The first kappa shape index (κ1) is 20.5. The van der Waals surface area contributed by atoms with Gasteiger partial charge in [0, 0.05) is 6.04 Å². The number of sulfone groups is 1. The first-order valence-electron chi connectivity index (χ1n) is 8.04. The van der Waals surface area contributed by atoms with Crippen LogP contribution in [0.1, 0.15) is 12.0 Å². The third-order valence-electron chi connectivity index (χ3n) is 4.10. The number of nitrogens with zero attached hydrogens (tertiary/aromatic N) is 1. The van der Waals surface area contributed by atoms with Gasteiger partial charge < -0.3 is 10.1 Å². The zero-order valence-corrected chi connectivity index (χ0v) is 15.1. The standard InChI is InChI=1S/C16H21F3N2O4S/c1-21(13-6-9-26(23,24)11-13)10-15(22)20-7-8-25-14-4-2-12(3-5-14)16(17,18)19/h2-5,13H,6-11H2,1H3,(H,20,22). The number of carbonyl (C=O) groups is 1. The van der Waals surface area contributed by atoms with Crippen LogP contribution < -0.4 is 10.1 Å². The van der Waals surface area contributed by atoms with E-state index in [0.29, 0.717) is 6.42 Å². The molecule has 1 unspecified atom stereocenters. The molecule has 0 saturated carbocycles. The van der Waals surface area contributed by atoms with Crippen molar-refractivity contribution in [3.05, 3.63) is 29.8 Å². The van der Waals surface area contributed by atoms with Gasteiger partial charge in [-0.05, 0) is 37.7 Å². The van der Waals surface area contributed by atoms with Crippen LogP contribution in [0.25, 0.3) is 0 Å². The van der Waals surface area contributed by atoms with Crippen molar-refractivity contribution in [2.45, 2.75) is 18.6 Å². The quantitative estimate of drug-likeness (QED) is 0.706. The number of amides is 1. The molecular formula is C16H21F3N2O4S. The molecule has 6 nitrogen and oxygen atoms in total. The zero-order chi connectivity index (χ0) is 19.4. The molecule has 0 radical (unpaired) electrons. The second kappa shape index (κ2) is 8.26. The fourth-order valence-corrected chi connectivity index (χ4v) is 4.44. The maximum absolute atomic E-state index is 12.4. The summed E-state index contributed by atoms with van der Waals surface area (Å²) in [6, 6.07) is 4.14. The number of carbonyl (C=O) groups excluding carboxylic acids is 1. The van der Waals surface area contributed by atoms with Gasteiger partial charge in [0.1, 0.15) is 12.4 Å². The van der Waals surface area contributed by atoms with E-state index in [1.54, 1.807) is 11.9 Å². The van der Waals surface area contributed by atoms with Crippen LogP contribution >= 0.6 is 0 Å². The number of halogens is 3. The Morgan fingerprint density at radius 3 is 2.50 bits per heavy atom. The molecule has 1 aromatic rings. The smallest absolute Gasteiger partial charge is 0.416 e. The highest BCUT2D eigenvalue weighted by atomic mass is 32.2. The van der Waals surface area contributed by atoms with E-state index in [0.717, 1.165) is 12.1 Å². The van der Waals surface area contributed by atoms with Crippen LogP contribution in [-0.4, -0.2) is 63.5 Å². The summed E-state index contributed by atoms with van der Waals surface area (Å²) >= 11 is 0. The van der Waals surface area contributed by atoms with Gasteiger partial charge >= 0.3 is 6.18 Å². The number of alkyl halides is 3. The van der Waals surface area contributed by atoms with Crippen molar-refractivity contribution >= 4 is 15.7 Å². The second-order valence-corrected chi connectivity index (χ2v) is 8.42. The number of rotatable bonds is 7. The van der Waals surface area contributed by atoms with Crippen molar-refractivity contribution in [3.63, 3.8) is 0 Å². The molecule has 146 valence electrons. The Morgan fingerprint density at radius 2 is 1.96 bits per heavy atom. The Labute approximate surface area is 150 Å². The van der Waals surface area contributed by atoms with Crippen LogP contribution in [0.3, 0.4) is 0 Å². The first-order valence-corrected chi connectivity index (χ1v) is 9.86. The summed E-state index contributed by atoms with van der Waals surface area (Å²) in [4.78, 5) is 13.6. The lowest BCUT2D eigenvalue weighted by Crippen LogP contribution is -2.42. The van der Waals surface area contributed by atoms with Gasteiger partial charge in [0.2, 0.25) is 5.91 Å². The second-order valence-electron chi connectivity index (χ2n) is 6.19. The number of benzene rings is 1. The minimum absolute atomic E-state index is 0.0633. The van der Waals surface area contributed by atoms with Crippen LogP contribution in [0.5, 0.6) is 5.75 Å². The van der Waals surface area contributed by atoms with Gasteiger partial charge in [-0.2, -0.15) is 13.2 Å². The maximum Gasteiger partial charge on any atom is 0.416 e. The Bertz CT molecular complexity index is 720. The summed E-state index contributed by atoms with van der Waals surface area (Å²) in [5.41, 5.74) is -0.755. The SMILES string of the molecule is CN(CC(=O)NCCOc1ccc(C(F)(F)F)cc1)C1CCS(=O)(=O)C1. The molecule has 10 heteroatoms. The van der Waals surface area contributed by atoms with Crippen LogP contribution in [0.4, 0.5) is 13.2 Å². The van der Waals surface area contributed by atoms with E-state index in [1.165, 1.54) is 12.1 Å². The fourth-order valence-electron chi connectivity index (χ4n) is 2.63. The Kier molecular flexibility index (Phi) is 6.51. The lowest BCUT2D eigenvalue weighted by molar-refractivity contribution is -0.137. The van der Waals surface area contributed by atoms with Crippen molar-refractivity contribution in [1.82, 2.24) is 10.2 Å². The van der Waals surface area contributed by atoms with E-state index in [4.69, 9.17) is 4.74 Å². The van der Waals surface area contributed by atoms with E-state index >= 15 is 0 Å². The highest BCUT2D eigenvalue weighted by Crippen LogP contribution is 2.30. The third-order valence-corrected chi connectivity index (χ3v) is 5.85. The molecule has 1 heterocycles. The summed E-state index contributed by atoms with van der Waals surface area (Å²) < 4.78 is 65.5. The number of hydrogen-bond donors (Lipinski definition) is 1. The van der Waals surface area contributed by atoms with E-state index in [1.807, 2.05) is 0 Å². The first-order chi connectivity index (χ1) is 12.1. The Hall–Kier alpha value is -1.81. The highest BCUT2D eigenvalue weighted by molar-refractivity contribution is 7.91. The van der Waals surface area contributed by atoms with E-state index in [9.17, 15) is 26.4 Å². The average Bonchev–Trinajstić information content (AvgIpc) is 2.91. The van der Waals surface area contributed by atoms with Crippen molar-refractivity contribution in [1.29, 1.82) is 0 Å². The molecule has 26 heavy (non-hydrogen) atoms. The molecule has 1 atom stereocenters. The van der Waals surface area contributed by atoms with E-state index in [-0.39, 0.29) is 48.9 Å². The van der Waals surface area contributed by atoms with Crippen LogP contribution in [0, 0.1) is 0 Å². The van der Waals surface area contributed by atoms with Crippen molar-refractivity contribution in [3.8, 4) is 5.75 Å². The molecule has 0 aromatic heterocycles. The predicted molar refractivity (Wildman–Crippen MR) is 89.6 cm³/mol. The van der Waals surface area contributed by atoms with Gasteiger partial charge in [0.15, 0.2) is 9.84 Å². The highest BCUT2D eigenvalue weighted by Gasteiger charge is 2.31. The molecular weight excluding hydrogens is 373 g/mol. The summed E-state index contributed by atoms with van der Waals surface area (Å²) in [7, 11) is -1.31. The molecule has 0 spiro atoms. The molecule has 0 bridgehead atoms. The number of ether oxygens (including phenoxy) is 1. The molecule has 1 amide bonds. The minimum Gasteiger partial charge on any atom is -0.492 e. The monoisotopic (exact) mass is 394 g/mol. The predicted octanol–water partition coefficient (Wildman–Crippen LogP) is 1.32. The van der Waals surface area contributed by atoms with E-state index in [2.05, 4.69) is 5.32 Å². The Balaban J connectivity index is 1.67. The summed E-state index contributed by atoms with van der Waals surface area (Å²) in [5.74, 6) is 0.214. The average molecular weight is 394 g/mol. The number of likely N-dealkylation sites (N-methyl/N-ethyl adjacent to an activating group) is 1.